The number of benzene rings is 2. The molecule has 0 amide bonds. The largest absolute Gasteiger partial charge is 0.460 e. The lowest BCUT2D eigenvalue weighted by Gasteiger charge is -2.00. The van der Waals surface area contributed by atoms with E-state index in [0.29, 0.717) is 0 Å². The van der Waals surface area contributed by atoms with E-state index in [0.717, 1.165) is 33.2 Å². The third-order valence-corrected chi connectivity index (χ3v) is 3.71. The Morgan fingerprint density at radius 1 is 0.900 bits per heavy atom. The van der Waals surface area contributed by atoms with Gasteiger partial charge >= 0.3 is 0 Å². The van der Waals surface area contributed by atoms with Crippen LogP contribution in [0.2, 0.25) is 0 Å². The van der Waals surface area contributed by atoms with E-state index in [9.17, 15) is 0 Å². The van der Waals surface area contributed by atoms with Gasteiger partial charge in [0.25, 0.3) is 0 Å². The molecule has 0 atom stereocenters. The summed E-state index contributed by atoms with van der Waals surface area (Å²) in [4.78, 5) is 4.21. The fraction of sp³-hybridized carbons (Fsp3) is 0.0556. The Morgan fingerprint density at radius 3 is 2.65 bits per heavy atom. The SMILES string of the molecule is Cc1oc2c(ccc3ccccc32)c1-c1cccnc1. The van der Waals surface area contributed by atoms with Crippen LogP contribution in [0.25, 0.3) is 32.9 Å². The predicted molar refractivity (Wildman–Crippen MR) is 81.7 cm³/mol. The molecule has 4 rings (SSSR count). The zero-order valence-corrected chi connectivity index (χ0v) is 11.1. The average Bonchev–Trinajstić information content (AvgIpc) is 2.84. The molecule has 2 heteroatoms. The van der Waals surface area contributed by atoms with E-state index in [4.69, 9.17) is 4.42 Å². The van der Waals surface area contributed by atoms with Crippen molar-refractivity contribution in [3.8, 4) is 11.1 Å². The van der Waals surface area contributed by atoms with Crippen molar-refractivity contribution in [2.45, 2.75) is 6.92 Å². The number of rotatable bonds is 1. The van der Waals surface area contributed by atoms with Gasteiger partial charge in [0.1, 0.15) is 11.3 Å². The van der Waals surface area contributed by atoms with Gasteiger partial charge in [0.15, 0.2) is 0 Å². The zero-order chi connectivity index (χ0) is 13.5. The highest BCUT2D eigenvalue weighted by molar-refractivity contribution is 6.09. The van der Waals surface area contributed by atoms with Gasteiger partial charge in [-0.05, 0) is 24.4 Å². The molecular weight excluding hydrogens is 246 g/mol. The maximum atomic E-state index is 6.04. The Bertz CT molecular complexity index is 907. The molecule has 0 aliphatic heterocycles. The fourth-order valence-corrected chi connectivity index (χ4v) is 2.81. The molecule has 0 saturated heterocycles. The van der Waals surface area contributed by atoms with E-state index >= 15 is 0 Å². The number of aryl methyl sites for hydroxylation is 1. The Balaban J connectivity index is 2.13. The third kappa shape index (κ3) is 1.55. The summed E-state index contributed by atoms with van der Waals surface area (Å²) in [6, 6.07) is 16.6. The molecule has 2 nitrogen and oxygen atoms in total. The second-order valence-corrected chi connectivity index (χ2v) is 4.94. The van der Waals surface area contributed by atoms with Gasteiger partial charge in [0.2, 0.25) is 0 Å². The smallest absolute Gasteiger partial charge is 0.142 e. The first-order chi connectivity index (χ1) is 9.84. The minimum Gasteiger partial charge on any atom is -0.460 e. The molecule has 4 aromatic rings. The van der Waals surface area contributed by atoms with Crippen LogP contribution in [0.15, 0.2) is 65.3 Å². The summed E-state index contributed by atoms with van der Waals surface area (Å²) in [5.41, 5.74) is 3.19. The number of pyridine rings is 1. The molecule has 0 N–H and O–H groups in total. The molecule has 0 spiro atoms. The first-order valence-electron chi connectivity index (χ1n) is 6.66. The second kappa shape index (κ2) is 4.20. The molecule has 96 valence electrons. The summed E-state index contributed by atoms with van der Waals surface area (Å²) in [6.45, 7) is 2.01. The van der Waals surface area contributed by atoms with Crippen LogP contribution in [0.1, 0.15) is 5.76 Å². The Hall–Kier alpha value is -2.61. The molecule has 0 radical (unpaired) electrons. The number of hydrogen-bond acceptors (Lipinski definition) is 2. The number of nitrogens with zero attached hydrogens (tertiary/aromatic N) is 1. The summed E-state index contributed by atoms with van der Waals surface area (Å²) < 4.78 is 6.04. The number of aromatic nitrogens is 1. The summed E-state index contributed by atoms with van der Waals surface area (Å²) in [7, 11) is 0. The normalized spacial score (nSPS) is 11.2. The maximum Gasteiger partial charge on any atom is 0.142 e. The quantitative estimate of drug-likeness (QED) is 0.483. The van der Waals surface area contributed by atoms with Crippen molar-refractivity contribution in [1.29, 1.82) is 0 Å². The van der Waals surface area contributed by atoms with Crippen molar-refractivity contribution < 1.29 is 4.42 Å². The van der Waals surface area contributed by atoms with Gasteiger partial charge in [-0.15, -0.1) is 0 Å². The summed E-state index contributed by atoms with van der Waals surface area (Å²) in [6.07, 6.45) is 3.67. The van der Waals surface area contributed by atoms with Gasteiger partial charge in [-0.25, -0.2) is 0 Å². The average molecular weight is 259 g/mol. The molecule has 0 bridgehead atoms. The fourth-order valence-electron chi connectivity index (χ4n) is 2.81. The Morgan fingerprint density at radius 2 is 1.80 bits per heavy atom. The van der Waals surface area contributed by atoms with Crippen molar-refractivity contribution in [2.75, 3.05) is 0 Å². The van der Waals surface area contributed by atoms with E-state index in [-0.39, 0.29) is 0 Å². The topological polar surface area (TPSA) is 26.0 Å². The third-order valence-electron chi connectivity index (χ3n) is 3.71. The van der Waals surface area contributed by atoms with E-state index in [1.54, 1.807) is 6.20 Å². The van der Waals surface area contributed by atoms with Crippen LogP contribution < -0.4 is 0 Å². The lowest BCUT2D eigenvalue weighted by molar-refractivity contribution is 0.583. The van der Waals surface area contributed by atoms with Crippen LogP contribution in [-0.2, 0) is 0 Å². The van der Waals surface area contributed by atoms with Crippen LogP contribution in [0, 0.1) is 6.92 Å². The van der Waals surface area contributed by atoms with E-state index in [1.165, 1.54) is 5.39 Å². The van der Waals surface area contributed by atoms with Gasteiger partial charge in [-0.2, -0.15) is 0 Å². The molecule has 0 aliphatic carbocycles. The van der Waals surface area contributed by atoms with Crippen molar-refractivity contribution in [3.63, 3.8) is 0 Å². The molecule has 2 aromatic carbocycles. The molecule has 2 aromatic heterocycles. The van der Waals surface area contributed by atoms with Gasteiger partial charge in [0.05, 0.1) is 0 Å². The van der Waals surface area contributed by atoms with Gasteiger partial charge in [-0.3, -0.25) is 4.98 Å². The molecule has 0 saturated carbocycles. The van der Waals surface area contributed by atoms with Crippen molar-refractivity contribution >= 4 is 21.7 Å². The van der Waals surface area contributed by atoms with Gasteiger partial charge in [-0.1, -0.05) is 36.4 Å². The first kappa shape index (κ1) is 11.2. The second-order valence-electron chi connectivity index (χ2n) is 4.94. The van der Waals surface area contributed by atoms with E-state index < -0.39 is 0 Å². The zero-order valence-electron chi connectivity index (χ0n) is 11.1. The minimum absolute atomic E-state index is 0.935. The van der Waals surface area contributed by atoms with Crippen LogP contribution in [0.5, 0.6) is 0 Å². The van der Waals surface area contributed by atoms with Crippen LogP contribution >= 0.6 is 0 Å². The molecule has 0 unspecified atom stereocenters. The molecule has 0 fully saturated rings. The lowest BCUT2D eigenvalue weighted by atomic mass is 10.0. The van der Waals surface area contributed by atoms with Gasteiger partial charge < -0.3 is 4.42 Å². The standard InChI is InChI=1S/C18H13NO/c1-12-17(14-6-4-10-19-11-14)16-9-8-13-5-2-3-7-15(13)18(16)20-12/h2-11H,1H3. The highest BCUT2D eigenvalue weighted by Gasteiger charge is 2.14. The predicted octanol–water partition coefficient (Wildman–Crippen LogP) is 4.96. The summed E-state index contributed by atoms with van der Waals surface area (Å²) in [5, 5.41) is 3.50. The molecule has 2 heterocycles. The first-order valence-corrected chi connectivity index (χ1v) is 6.66. The number of furan rings is 1. The highest BCUT2D eigenvalue weighted by Crippen LogP contribution is 2.37. The summed E-state index contributed by atoms with van der Waals surface area (Å²) >= 11 is 0. The van der Waals surface area contributed by atoms with Crippen LogP contribution in [-0.4, -0.2) is 4.98 Å². The Labute approximate surface area is 116 Å². The molecule has 20 heavy (non-hydrogen) atoms. The minimum atomic E-state index is 0.935. The molecule has 0 aliphatic rings. The van der Waals surface area contributed by atoms with Crippen molar-refractivity contribution in [1.82, 2.24) is 4.98 Å². The summed E-state index contributed by atoms with van der Waals surface area (Å²) in [5.74, 6) is 0.935. The molecular formula is C18H13NO. The maximum absolute atomic E-state index is 6.04. The Kier molecular flexibility index (Phi) is 2.36. The van der Waals surface area contributed by atoms with Crippen LogP contribution in [0.3, 0.4) is 0 Å². The van der Waals surface area contributed by atoms with Crippen LogP contribution in [0.4, 0.5) is 0 Å². The van der Waals surface area contributed by atoms with Crippen molar-refractivity contribution in [3.05, 3.63) is 66.7 Å². The highest BCUT2D eigenvalue weighted by atomic mass is 16.3. The van der Waals surface area contributed by atoms with E-state index in [1.807, 2.05) is 31.3 Å². The van der Waals surface area contributed by atoms with Gasteiger partial charge in [0, 0.05) is 34.3 Å². The van der Waals surface area contributed by atoms with Crippen molar-refractivity contribution in [2.24, 2.45) is 0 Å². The van der Waals surface area contributed by atoms with E-state index in [2.05, 4.69) is 35.3 Å². The monoisotopic (exact) mass is 259 g/mol. The number of fused-ring (bicyclic) bond motifs is 3. The number of hydrogen-bond donors (Lipinski definition) is 0. The lowest BCUT2D eigenvalue weighted by Crippen LogP contribution is -1.80.